The quantitative estimate of drug-likeness (QED) is 0.669. The summed E-state index contributed by atoms with van der Waals surface area (Å²) in [5, 5.41) is 9.26. The van der Waals surface area contributed by atoms with Crippen molar-refractivity contribution in [3.63, 3.8) is 0 Å². The zero-order valence-electron chi connectivity index (χ0n) is 17.0. The highest BCUT2D eigenvalue weighted by Gasteiger charge is 2.51. The predicted molar refractivity (Wildman–Crippen MR) is 109 cm³/mol. The molecule has 0 bridgehead atoms. The van der Waals surface area contributed by atoms with Crippen LogP contribution in [-0.2, 0) is 27.8 Å². The summed E-state index contributed by atoms with van der Waals surface area (Å²) in [6.07, 6.45) is 5.53. The van der Waals surface area contributed by atoms with E-state index in [2.05, 4.69) is 9.97 Å². The number of anilines is 1. The van der Waals surface area contributed by atoms with Crippen LogP contribution in [0.1, 0.15) is 36.1 Å². The van der Waals surface area contributed by atoms with E-state index in [9.17, 15) is 26.9 Å². The van der Waals surface area contributed by atoms with E-state index in [1.807, 2.05) is 11.0 Å². The van der Waals surface area contributed by atoms with Gasteiger partial charge in [0, 0.05) is 37.6 Å². The predicted octanol–water partition coefficient (Wildman–Crippen LogP) is 2.89. The Morgan fingerprint density at radius 2 is 2.09 bits per heavy atom. The Hall–Kier alpha value is -2.62. The molecule has 8 nitrogen and oxygen atoms in total. The number of aromatic amines is 1. The number of rotatable bonds is 7. The second kappa shape index (κ2) is 8.73. The highest BCUT2D eigenvalue weighted by atomic mass is 32.2. The maximum Gasteiger partial charge on any atom is 0.511 e. The van der Waals surface area contributed by atoms with Gasteiger partial charge in [0.1, 0.15) is 0 Å². The van der Waals surface area contributed by atoms with Gasteiger partial charge in [0.25, 0.3) is 0 Å². The highest BCUT2D eigenvalue weighted by Crippen LogP contribution is 2.36. The number of aromatic nitrogens is 2. The Kier molecular flexibility index (Phi) is 6.15. The van der Waals surface area contributed by atoms with Crippen LogP contribution < -0.4 is 4.90 Å². The fraction of sp³-hybridized carbons (Fsp3) is 0.500. The highest BCUT2D eigenvalue weighted by molar-refractivity contribution is 7.89. The van der Waals surface area contributed by atoms with Gasteiger partial charge in [-0.25, -0.2) is 13.4 Å². The summed E-state index contributed by atoms with van der Waals surface area (Å²) in [4.78, 5) is 8.84. The molecule has 1 aliphatic carbocycles. The number of hydrogen-bond acceptors (Lipinski definition) is 6. The van der Waals surface area contributed by atoms with Crippen molar-refractivity contribution in [2.75, 3.05) is 18.1 Å². The number of fused-ring (bicyclic) bond motifs is 1. The zero-order chi connectivity index (χ0) is 22.9. The normalized spacial score (nSPS) is 19.9. The van der Waals surface area contributed by atoms with Crippen LogP contribution in [0.4, 0.5) is 18.9 Å². The second-order valence-corrected chi connectivity index (χ2v) is 9.85. The Morgan fingerprint density at radius 3 is 2.72 bits per heavy atom. The van der Waals surface area contributed by atoms with Crippen LogP contribution in [0.3, 0.4) is 0 Å². The summed E-state index contributed by atoms with van der Waals surface area (Å²) >= 11 is 0. The molecule has 1 aliphatic heterocycles. The van der Waals surface area contributed by atoms with Crippen LogP contribution in [0.2, 0.25) is 0 Å². The molecule has 0 saturated heterocycles. The molecule has 1 fully saturated rings. The summed E-state index contributed by atoms with van der Waals surface area (Å²) in [5.74, 6) is 0. The largest absolute Gasteiger partial charge is 0.511 e. The van der Waals surface area contributed by atoms with E-state index in [0.717, 1.165) is 18.5 Å². The van der Waals surface area contributed by atoms with Gasteiger partial charge in [0.05, 0.1) is 36.3 Å². The average Bonchev–Trinajstić information content (AvgIpc) is 3.45. The van der Waals surface area contributed by atoms with Crippen LogP contribution in [0.15, 0.2) is 30.7 Å². The monoisotopic (exact) mass is 469 g/mol. The molecule has 12 heteroatoms. The van der Waals surface area contributed by atoms with E-state index in [1.165, 1.54) is 12.4 Å². The minimum atomic E-state index is -5.57. The van der Waals surface area contributed by atoms with Crippen LogP contribution >= 0.6 is 0 Å². The van der Waals surface area contributed by atoms with Crippen molar-refractivity contribution in [3.05, 3.63) is 47.5 Å². The molecule has 4 rings (SSSR count). The molecule has 0 amide bonds. The first kappa shape index (κ1) is 22.6. The lowest BCUT2D eigenvalue weighted by Gasteiger charge is -2.34. The van der Waals surface area contributed by atoms with Crippen molar-refractivity contribution < 1.29 is 26.3 Å². The molecule has 2 heterocycles. The van der Waals surface area contributed by atoms with Crippen LogP contribution in [0, 0.1) is 11.3 Å². The van der Waals surface area contributed by atoms with Crippen molar-refractivity contribution in [1.82, 2.24) is 14.3 Å². The smallest absolute Gasteiger partial charge is 0.378 e. The third kappa shape index (κ3) is 4.74. The zero-order valence-corrected chi connectivity index (χ0v) is 17.9. The molecular formula is C20H22F3N5O3S. The SMILES string of the molecule is N#Cc1ccc2c(c1)CN(S(=O)(=O)C(F)(F)F)CC(CCOC1CC1)N2Cc1cnc[nH]1. The molecule has 2 aromatic rings. The number of imidazole rings is 1. The van der Waals surface area contributed by atoms with Crippen LogP contribution in [0.5, 0.6) is 0 Å². The number of hydrogen-bond donors (Lipinski definition) is 1. The van der Waals surface area contributed by atoms with Crippen molar-refractivity contribution in [2.45, 2.75) is 50.0 Å². The van der Waals surface area contributed by atoms with E-state index in [0.29, 0.717) is 28.6 Å². The molecule has 1 saturated carbocycles. The number of sulfonamides is 1. The first-order valence-electron chi connectivity index (χ1n) is 10.1. The van der Waals surface area contributed by atoms with Crippen LogP contribution in [0.25, 0.3) is 0 Å². The van der Waals surface area contributed by atoms with E-state index in [1.54, 1.807) is 18.3 Å². The van der Waals surface area contributed by atoms with Gasteiger partial charge in [-0.2, -0.15) is 22.7 Å². The third-order valence-electron chi connectivity index (χ3n) is 5.58. The summed E-state index contributed by atoms with van der Waals surface area (Å²) in [5.41, 5.74) is -3.55. The number of alkyl halides is 3. The number of H-pyrrole nitrogens is 1. The molecule has 32 heavy (non-hydrogen) atoms. The molecule has 172 valence electrons. The number of nitrogens with zero attached hydrogens (tertiary/aromatic N) is 4. The van der Waals surface area contributed by atoms with Gasteiger partial charge < -0.3 is 14.6 Å². The van der Waals surface area contributed by atoms with Gasteiger partial charge in [0.2, 0.25) is 0 Å². The Morgan fingerprint density at radius 1 is 1.31 bits per heavy atom. The van der Waals surface area contributed by atoms with E-state index in [4.69, 9.17) is 4.74 Å². The number of nitriles is 1. The molecule has 0 spiro atoms. The molecule has 1 aromatic heterocycles. The van der Waals surface area contributed by atoms with Gasteiger partial charge >= 0.3 is 15.5 Å². The lowest BCUT2D eigenvalue weighted by molar-refractivity contribution is -0.0492. The summed E-state index contributed by atoms with van der Waals surface area (Å²) in [6.45, 7) is -0.250. The third-order valence-corrected chi connectivity index (χ3v) is 7.12. The van der Waals surface area contributed by atoms with Gasteiger partial charge in [-0.05, 0) is 43.0 Å². The summed E-state index contributed by atoms with van der Waals surface area (Å²) in [6, 6.07) is 6.05. The van der Waals surface area contributed by atoms with Crippen molar-refractivity contribution in [1.29, 1.82) is 5.26 Å². The average molecular weight is 469 g/mol. The number of halogens is 3. The Labute approximate surface area is 183 Å². The first-order chi connectivity index (χ1) is 15.2. The van der Waals surface area contributed by atoms with Gasteiger partial charge in [-0.1, -0.05) is 0 Å². The van der Waals surface area contributed by atoms with Gasteiger partial charge in [-0.15, -0.1) is 0 Å². The Balaban J connectivity index is 1.74. The minimum absolute atomic E-state index is 0.169. The molecule has 1 aromatic carbocycles. The lowest BCUT2D eigenvalue weighted by Crippen LogP contribution is -2.47. The van der Waals surface area contributed by atoms with E-state index in [-0.39, 0.29) is 24.8 Å². The van der Waals surface area contributed by atoms with Gasteiger partial charge in [-0.3, -0.25) is 0 Å². The maximum atomic E-state index is 13.4. The van der Waals surface area contributed by atoms with Crippen molar-refractivity contribution in [2.24, 2.45) is 0 Å². The Bertz CT molecular complexity index is 1090. The van der Waals surface area contributed by atoms with E-state index >= 15 is 0 Å². The first-order valence-corrected chi connectivity index (χ1v) is 11.6. The number of benzene rings is 1. The molecule has 0 radical (unpaired) electrons. The molecular weight excluding hydrogens is 447 g/mol. The molecule has 1 N–H and O–H groups in total. The fourth-order valence-electron chi connectivity index (χ4n) is 3.80. The standard InChI is InChI=1S/C20H22F3N5O3S/c21-20(22,23)32(29,30)27-10-15-7-14(8-24)1-4-19(15)28(11-16-9-25-13-26-16)17(12-27)5-6-31-18-2-3-18/h1,4,7,9,13,17-18H,2-3,5-6,10-12H2,(H,25,26). The van der Waals surface area contributed by atoms with Crippen LogP contribution in [-0.4, -0.2) is 53.5 Å². The number of nitrogens with one attached hydrogen (secondary N) is 1. The fourth-order valence-corrected chi connectivity index (χ4v) is 4.77. The van der Waals surface area contributed by atoms with Crippen molar-refractivity contribution >= 4 is 15.7 Å². The maximum absolute atomic E-state index is 13.4. The minimum Gasteiger partial charge on any atom is -0.378 e. The molecule has 2 aliphatic rings. The molecule has 1 atom stereocenters. The lowest BCUT2D eigenvalue weighted by atomic mass is 10.1. The summed E-state index contributed by atoms with van der Waals surface area (Å²) < 4.78 is 71.2. The van der Waals surface area contributed by atoms with Gasteiger partial charge in [0.15, 0.2) is 0 Å². The summed E-state index contributed by atoms with van der Waals surface area (Å²) in [7, 11) is -5.57. The van der Waals surface area contributed by atoms with E-state index < -0.39 is 28.1 Å². The topological polar surface area (TPSA) is 102 Å². The van der Waals surface area contributed by atoms with Crippen molar-refractivity contribution in [3.8, 4) is 6.07 Å². The number of ether oxygens (including phenoxy) is 1. The second-order valence-electron chi connectivity index (χ2n) is 7.92. The molecule has 1 unspecified atom stereocenters.